The summed E-state index contributed by atoms with van der Waals surface area (Å²) in [4.78, 5) is 34.0. The van der Waals surface area contributed by atoms with Crippen LogP contribution in [0.1, 0.15) is 46.3 Å². The number of Topliss-reactive ketones (excluding diaryl/α,β-unsaturated/α-hetero) is 1. The number of rotatable bonds is 7. The predicted molar refractivity (Wildman–Crippen MR) is 178 cm³/mol. The number of aryl methyl sites for hydroxylation is 2. The molecule has 1 fully saturated rings. The molecular formula is C37H32N2O6S. The van der Waals surface area contributed by atoms with Crippen molar-refractivity contribution in [3.05, 3.63) is 118 Å². The van der Waals surface area contributed by atoms with Crippen molar-refractivity contribution in [3.8, 4) is 17.2 Å². The van der Waals surface area contributed by atoms with Crippen LogP contribution in [0.5, 0.6) is 17.2 Å². The molecule has 4 aromatic carbocycles. The maximum atomic E-state index is 13.9. The van der Waals surface area contributed by atoms with Crippen LogP contribution >= 0.6 is 11.3 Å². The highest BCUT2D eigenvalue weighted by Gasteiger charge is 2.48. The van der Waals surface area contributed by atoms with Gasteiger partial charge in [0.15, 0.2) is 16.6 Å². The Morgan fingerprint density at radius 1 is 1.02 bits per heavy atom. The maximum Gasteiger partial charge on any atom is 0.301 e. The molecule has 0 bridgehead atoms. The van der Waals surface area contributed by atoms with Gasteiger partial charge in [-0.3, -0.25) is 14.5 Å². The van der Waals surface area contributed by atoms with Crippen molar-refractivity contribution in [2.45, 2.75) is 45.9 Å². The first kappa shape index (κ1) is 29.6. The Hall–Kier alpha value is -5.15. The maximum absolute atomic E-state index is 13.9. The van der Waals surface area contributed by atoms with Crippen LogP contribution in [0.25, 0.3) is 16.0 Å². The number of aliphatic hydroxyl groups is 1. The predicted octanol–water partition coefficient (Wildman–Crippen LogP) is 7.45. The van der Waals surface area contributed by atoms with Crippen molar-refractivity contribution >= 4 is 44.1 Å². The monoisotopic (exact) mass is 632 g/mol. The number of ether oxygens (including phenoxy) is 3. The molecule has 232 valence electrons. The van der Waals surface area contributed by atoms with Crippen LogP contribution in [0.2, 0.25) is 0 Å². The molecule has 46 heavy (non-hydrogen) atoms. The van der Waals surface area contributed by atoms with Gasteiger partial charge in [0.05, 0.1) is 28.9 Å². The third-order valence-corrected chi connectivity index (χ3v) is 9.38. The summed E-state index contributed by atoms with van der Waals surface area (Å²) in [6, 6.07) is 23.5. The van der Waals surface area contributed by atoms with Crippen LogP contribution in [0.4, 0.5) is 5.13 Å². The molecule has 0 saturated carbocycles. The van der Waals surface area contributed by atoms with Crippen molar-refractivity contribution in [3.63, 3.8) is 0 Å². The lowest BCUT2D eigenvalue weighted by Gasteiger charge is -2.24. The fourth-order valence-electron chi connectivity index (χ4n) is 6.24. The Morgan fingerprint density at radius 3 is 2.61 bits per heavy atom. The minimum Gasteiger partial charge on any atom is -0.507 e. The van der Waals surface area contributed by atoms with Gasteiger partial charge in [-0.05, 0) is 85.0 Å². The quantitative estimate of drug-likeness (QED) is 0.113. The lowest BCUT2D eigenvalue weighted by Crippen LogP contribution is -2.29. The van der Waals surface area contributed by atoms with Crippen molar-refractivity contribution in [2.75, 3.05) is 12.0 Å². The van der Waals surface area contributed by atoms with Gasteiger partial charge in [-0.1, -0.05) is 53.8 Å². The molecule has 8 nitrogen and oxygen atoms in total. The van der Waals surface area contributed by atoms with E-state index >= 15 is 0 Å². The van der Waals surface area contributed by atoms with Gasteiger partial charge in [0.2, 0.25) is 0 Å². The molecule has 0 spiro atoms. The summed E-state index contributed by atoms with van der Waals surface area (Å²) >= 11 is 1.34. The van der Waals surface area contributed by atoms with E-state index in [1.54, 1.807) is 30.3 Å². The van der Waals surface area contributed by atoms with Gasteiger partial charge in [0.25, 0.3) is 5.78 Å². The molecule has 1 amide bonds. The highest BCUT2D eigenvalue weighted by atomic mass is 32.1. The molecule has 1 aromatic heterocycles. The molecule has 0 radical (unpaired) electrons. The van der Waals surface area contributed by atoms with Gasteiger partial charge >= 0.3 is 5.91 Å². The lowest BCUT2D eigenvalue weighted by molar-refractivity contribution is -0.132. The van der Waals surface area contributed by atoms with E-state index in [0.717, 1.165) is 38.2 Å². The number of hydrogen-bond acceptors (Lipinski definition) is 8. The molecule has 0 unspecified atom stereocenters. The third kappa shape index (κ3) is 5.16. The van der Waals surface area contributed by atoms with Crippen LogP contribution < -0.4 is 19.1 Å². The number of carbonyl (C=O) groups excluding carboxylic acids is 2. The summed E-state index contributed by atoms with van der Waals surface area (Å²) in [5.74, 6) is -0.129. The van der Waals surface area contributed by atoms with Gasteiger partial charge in [0.1, 0.15) is 24.2 Å². The summed E-state index contributed by atoms with van der Waals surface area (Å²) in [5, 5.41) is 12.1. The van der Waals surface area contributed by atoms with Gasteiger partial charge in [0, 0.05) is 12.0 Å². The van der Waals surface area contributed by atoms with Gasteiger partial charge in [-0.25, -0.2) is 4.98 Å². The minimum absolute atomic E-state index is 0.0131. The van der Waals surface area contributed by atoms with E-state index in [0.29, 0.717) is 40.8 Å². The first-order chi connectivity index (χ1) is 22.2. The number of anilines is 1. The second kappa shape index (κ2) is 11.7. The SMILES string of the molecule is COc1cc([C@H]2/C(=C(\O)c3ccc4c(c3)C[C@H](C)O4)C(=O)C(=O)N2c2nc3c(C)cc(C)cc3s2)ccc1OCc1ccccc1. The number of methoxy groups -OCH3 is 1. The second-order valence-corrected chi connectivity index (χ2v) is 12.7. The Balaban J connectivity index is 1.36. The zero-order chi connectivity index (χ0) is 32.1. The van der Waals surface area contributed by atoms with Crippen molar-refractivity contribution in [2.24, 2.45) is 0 Å². The minimum atomic E-state index is -0.970. The number of aromatic nitrogens is 1. The number of ketones is 1. The molecule has 5 aromatic rings. The Morgan fingerprint density at radius 2 is 1.83 bits per heavy atom. The van der Waals surface area contributed by atoms with E-state index in [1.807, 2.05) is 69.3 Å². The average molecular weight is 633 g/mol. The van der Waals surface area contributed by atoms with Gasteiger partial charge in [-0.15, -0.1) is 0 Å². The number of benzene rings is 4. The summed E-state index contributed by atoms with van der Waals surface area (Å²) in [7, 11) is 1.54. The molecule has 2 aliphatic heterocycles. The van der Waals surface area contributed by atoms with Crippen molar-refractivity contribution in [1.29, 1.82) is 0 Å². The van der Waals surface area contributed by atoms with E-state index in [1.165, 1.54) is 23.3 Å². The number of aliphatic hydroxyl groups excluding tert-OH is 1. The molecule has 1 N–H and O–H groups in total. The number of amides is 1. The lowest BCUT2D eigenvalue weighted by atomic mass is 9.94. The third-order valence-electron chi connectivity index (χ3n) is 8.38. The van der Waals surface area contributed by atoms with Crippen LogP contribution in [0.15, 0.2) is 84.4 Å². The van der Waals surface area contributed by atoms with Crippen LogP contribution in [0.3, 0.4) is 0 Å². The molecule has 2 aliphatic rings. The molecular weight excluding hydrogens is 600 g/mol. The summed E-state index contributed by atoms with van der Waals surface area (Å²) < 4.78 is 18.6. The zero-order valence-corrected chi connectivity index (χ0v) is 26.7. The fourth-order valence-corrected chi connectivity index (χ4v) is 7.41. The molecule has 3 heterocycles. The Kier molecular flexibility index (Phi) is 7.49. The zero-order valence-electron chi connectivity index (χ0n) is 25.9. The van der Waals surface area contributed by atoms with Crippen LogP contribution in [-0.4, -0.2) is 35.0 Å². The normalized spacial score (nSPS) is 18.6. The first-order valence-corrected chi connectivity index (χ1v) is 15.9. The highest BCUT2D eigenvalue weighted by molar-refractivity contribution is 7.22. The number of thiazole rings is 1. The molecule has 1 saturated heterocycles. The van der Waals surface area contributed by atoms with Crippen LogP contribution in [-0.2, 0) is 22.6 Å². The van der Waals surface area contributed by atoms with Gasteiger partial charge < -0.3 is 19.3 Å². The Bertz CT molecular complexity index is 2050. The number of hydrogen-bond donors (Lipinski definition) is 1. The fraction of sp³-hybridized carbons (Fsp3) is 0.216. The molecule has 9 heteroatoms. The van der Waals surface area contributed by atoms with E-state index in [2.05, 4.69) is 0 Å². The number of nitrogens with zero attached hydrogens (tertiary/aromatic N) is 2. The summed E-state index contributed by atoms with van der Waals surface area (Å²) in [5.41, 5.74) is 5.72. The number of fused-ring (bicyclic) bond motifs is 2. The molecule has 7 rings (SSSR count). The highest BCUT2D eigenvalue weighted by Crippen LogP contribution is 2.46. The van der Waals surface area contributed by atoms with E-state index in [9.17, 15) is 14.7 Å². The standard InChI is InChI=1S/C37H32N2O6S/c1-20-14-21(2)32-30(15-20)46-37(38-32)39-33(24-10-13-28(29(18-24)43-4)44-19-23-8-6-5-7-9-23)31(35(41)36(39)42)34(40)25-11-12-27-26(17-25)16-22(3)45-27/h5-15,17-18,22,33,40H,16,19H2,1-4H3/b34-31+/t22-,33-/m0/s1. The average Bonchev–Trinajstić information content (AvgIpc) is 3.72. The molecule has 0 aliphatic carbocycles. The van der Waals surface area contributed by atoms with Gasteiger partial charge in [-0.2, -0.15) is 0 Å². The Labute approximate surface area is 270 Å². The van der Waals surface area contributed by atoms with Crippen LogP contribution in [0, 0.1) is 13.8 Å². The van der Waals surface area contributed by atoms with Crippen molar-refractivity contribution < 1.29 is 28.9 Å². The number of carbonyl (C=O) groups is 2. The van der Waals surface area contributed by atoms with E-state index < -0.39 is 17.7 Å². The first-order valence-electron chi connectivity index (χ1n) is 15.0. The second-order valence-electron chi connectivity index (χ2n) is 11.7. The topological polar surface area (TPSA) is 98.2 Å². The van der Waals surface area contributed by atoms with Crippen molar-refractivity contribution in [1.82, 2.24) is 4.98 Å². The summed E-state index contributed by atoms with van der Waals surface area (Å²) in [6.07, 6.45) is 0.694. The summed E-state index contributed by atoms with van der Waals surface area (Å²) in [6.45, 7) is 6.29. The van der Waals surface area contributed by atoms with E-state index in [4.69, 9.17) is 19.2 Å². The largest absolute Gasteiger partial charge is 0.507 e. The molecule has 2 atom stereocenters. The smallest absolute Gasteiger partial charge is 0.301 e. The van der Waals surface area contributed by atoms with E-state index in [-0.39, 0.29) is 17.4 Å².